The normalized spacial score (nSPS) is 15.6. The molecule has 96 valence electrons. The highest BCUT2D eigenvalue weighted by Crippen LogP contribution is 2.28. The Hall–Kier alpha value is -0.683. The predicted octanol–water partition coefficient (Wildman–Crippen LogP) is 2.62. The topological polar surface area (TPSA) is 44.5 Å². The molecule has 17 heavy (non-hydrogen) atoms. The minimum atomic E-state index is -2.12. The van der Waals surface area contributed by atoms with Gasteiger partial charge in [-0.3, -0.25) is 0 Å². The summed E-state index contributed by atoms with van der Waals surface area (Å²) in [4.78, 5) is 0. The van der Waals surface area contributed by atoms with Gasteiger partial charge in [0.1, 0.15) is 0 Å². The van der Waals surface area contributed by atoms with Gasteiger partial charge in [-0.05, 0) is 32.5 Å². The zero-order chi connectivity index (χ0) is 12.9. The first kappa shape index (κ1) is 14.4. The molecular weight excluding hydrogens is 230 g/mol. The molecule has 1 aromatic rings. The van der Waals surface area contributed by atoms with Gasteiger partial charge >= 0.3 is 8.56 Å². The Balaban J connectivity index is 2.90. The van der Waals surface area contributed by atoms with Crippen LogP contribution in [-0.4, -0.2) is 21.7 Å². The SMILES string of the molecule is CCO[Si](C)(C)OC(C)(CN)c1ccccc1. The first-order chi connectivity index (χ1) is 7.93. The molecule has 0 aliphatic heterocycles. The highest BCUT2D eigenvalue weighted by Gasteiger charge is 2.36. The van der Waals surface area contributed by atoms with Gasteiger partial charge in [0.2, 0.25) is 0 Å². The molecule has 0 aliphatic carbocycles. The summed E-state index contributed by atoms with van der Waals surface area (Å²) in [5, 5.41) is 0. The van der Waals surface area contributed by atoms with Crippen molar-refractivity contribution in [3.63, 3.8) is 0 Å². The summed E-state index contributed by atoms with van der Waals surface area (Å²) in [6.45, 7) is 9.23. The van der Waals surface area contributed by atoms with Gasteiger partial charge in [-0.15, -0.1) is 0 Å². The van der Waals surface area contributed by atoms with E-state index in [1.165, 1.54) is 0 Å². The van der Waals surface area contributed by atoms with Crippen molar-refractivity contribution in [2.24, 2.45) is 5.73 Å². The summed E-state index contributed by atoms with van der Waals surface area (Å²) in [7, 11) is -2.12. The summed E-state index contributed by atoms with van der Waals surface area (Å²) >= 11 is 0. The number of rotatable bonds is 6. The second kappa shape index (κ2) is 5.77. The Labute approximate surface area is 105 Å². The first-order valence-corrected chi connectivity index (χ1v) is 8.85. The van der Waals surface area contributed by atoms with Gasteiger partial charge in [0.25, 0.3) is 0 Å². The van der Waals surface area contributed by atoms with Crippen molar-refractivity contribution >= 4 is 8.56 Å². The van der Waals surface area contributed by atoms with Crippen LogP contribution in [0.2, 0.25) is 13.1 Å². The molecule has 0 bridgehead atoms. The highest BCUT2D eigenvalue weighted by molar-refractivity contribution is 6.64. The maximum Gasteiger partial charge on any atom is 0.332 e. The van der Waals surface area contributed by atoms with Crippen LogP contribution in [0.15, 0.2) is 30.3 Å². The number of benzene rings is 1. The van der Waals surface area contributed by atoms with Gasteiger partial charge in [-0.25, -0.2) is 0 Å². The fraction of sp³-hybridized carbons (Fsp3) is 0.538. The molecule has 0 saturated heterocycles. The summed E-state index contributed by atoms with van der Waals surface area (Å²) < 4.78 is 11.9. The van der Waals surface area contributed by atoms with E-state index in [1.807, 2.05) is 57.3 Å². The van der Waals surface area contributed by atoms with Crippen molar-refractivity contribution in [1.29, 1.82) is 0 Å². The van der Waals surface area contributed by atoms with Gasteiger partial charge in [0.15, 0.2) is 0 Å². The smallest absolute Gasteiger partial charge is 0.332 e. The fourth-order valence-corrected chi connectivity index (χ4v) is 3.97. The number of nitrogens with two attached hydrogens (primary N) is 1. The molecule has 1 unspecified atom stereocenters. The van der Waals surface area contributed by atoms with E-state index < -0.39 is 14.2 Å². The molecule has 0 aromatic heterocycles. The van der Waals surface area contributed by atoms with E-state index in [0.717, 1.165) is 5.56 Å². The quantitative estimate of drug-likeness (QED) is 0.793. The maximum atomic E-state index is 6.19. The van der Waals surface area contributed by atoms with Crippen molar-refractivity contribution in [1.82, 2.24) is 0 Å². The van der Waals surface area contributed by atoms with Crippen LogP contribution in [0.4, 0.5) is 0 Å². The Morgan fingerprint density at radius 2 is 1.82 bits per heavy atom. The molecule has 1 atom stereocenters. The van der Waals surface area contributed by atoms with Crippen LogP contribution in [0.1, 0.15) is 19.4 Å². The van der Waals surface area contributed by atoms with E-state index in [9.17, 15) is 0 Å². The van der Waals surface area contributed by atoms with Gasteiger partial charge in [-0.1, -0.05) is 30.3 Å². The molecule has 1 aromatic carbocycles. The molecule has 0 fully saturated rings. The van der Waals surface area contributed by atoms with Crippen molar-refractivity contribution in [3.05, 3.63) is 35.9 Å². The lowest BCUT2D eigenvalue weighted by Gasteiger charge is -2.36. The summed E-state index contributed by atoms with van der Waals surface area (Å²) in [5.74, 6) is 0. The standard InChI is InChI=1S/C13H23NO2Si/c1-5-15-17(3,4)16-13(2,11-14)12-9-7-6-8-10-12/h6-10H,5,11,14H2,1-4H3. The van der Waals surface area contributed by atoms with Crippen molar-refractivity contribution in [2.45, 2.75) is 32.5 Å². The Bertz CT molecular complexity index is 343. The predicted molar refractivity (Wildman–Crippen MR) is 73.0 cm³/mol. The molecule has 1 rings (SSSR count). The molecule has 3 nitrogen and oxygen atoms in total. The zero-order valence-electron chi connectivity index (χ0n) is 11.2. The molecule has 0 amide bonds. The molecule has 4 heteroatoms. The van der Waals surface area contributed by atoms with Crippen LogP contribution in [0, 0.1) is 0 Å². The van der Waals surface area contributed by atoms with E-state index in [1.54, 1.807) is 0 Å². The van der Waals surface area contributed by atoms with Crippen LogP contribution in [0.5, 0.6) is 0 Å². The number of hydrogen-bond acceptors (Lipinski definition) is 3. The third-order valence-corrected chi connectivity index (χ3v) is 4.66. The van der Waals surface area contributed by atoms with Gasteiger partial charge in [0, 0.05) is 13.2 Å². The van der Waals surface area contributed by atoms with Gasteiger partial charge in [0.05, 0.1) is 5.60 Å². The monoisotopic (exact) mass is 253 g/mol. The van der Waals surface area contributed by atoms with Crippen LogP contribution in [-0.2, 0) is 14.5 Å². The van der Waals surface area contributed by atoms with Crippen molar-refractivity contribution in [3.8, 4) is 0 Å². The van der Waals surface area contributed by atoms with E-state index in [-0.39, 0.29) is 0 Å². The average molecular weight is 253 g/mol. The van der Waals surface area contributed by atoms with E-state index in [4.69, 9.17) is 14.6 Å². The van der Waals surface area contributed by atoms with E-state index in [2.05, 4.69) is 0 Å². The molecule has 0 heterocycles. The lowest BCUT2D eigenvalue weighted by molar-refractivity contribution is 0.0452. The molecule has 2 N–H and O–H groups in total. The third-order valence-electron chi connectivity index (χ3n) is 2.74. The van der Waals surface area contributed by atoms with Crippen molar-refractivity contribution in [2.75, 3.05) is 13.2 Å². The molecule has 0 spiro atoms. The molecule has 0 aliphatic rings. The molecule has 0 radical (unpaired) electrons. The second-order valence-corrected chi connectivity index (χ2v) is 8.03. The first-order valence-electron chi connectivity index (χ1n) is 6.03. The molecule has 0 saturated carbocycles. The maximum absolute atomic E-state index is 6.19. The zero-order valence-corrected chi connectivity index (χ0v) is 12.2. The van der Waals surface area contributed by atoms with E-state index in [0.29, 0.717) is 13.2 Å². The highest BCUT2D eigenvalue weighted by atomic mass is 28.4. The largest absolute Gasteiger partial charge is 0.395 e. The minimum absolute atomic E-state index is 0.445. The summed E-state index contributed by atoms with van der Waals surface area (Å²) in [6, 6.07) is 10.1. The Morgan fingerprint density at radius 3 is 2.29 bits per heavy atom. The lowest BCUT2D eigenvalue weighted by atomic mass is 9.97. The van der Waals surface area contributed by atoms with Crippen LogP contribution in [0.25, 0.3) is 0 Å². The summed E-state index contributed by atoms with van der Waals surface area (Å²) in [5.41, 5.74) is 6.52. The lowest BCUT2D eigenvalue weighted by Crippen LogP contribution is -2.47. The van der Waals surface area contributed by atoms with Crippen LogP contribution >= 0.6 is 0 Å². The fourth-order valence-electron chi connectivity index (χ4n) is 1.93. The Kier molecular flexibility index (Phi) is 4.88. The van der Waals surface area contributed by atoms with Crippen molar-refractivity contribution < 1.29 is 8.85 Å². The average Bonchev–Trinajstić information content (AvgIpc) is 2.29. The van der Waals surface area contributed by atoms with Crippen LogP contribution in [0.3, 0.4) is 0 Å². The molecular formula is C13H23NO2Si. The Morgan fingerprint density at radius 1 is 1.24 bits per heavy atom. The minimum Gasteiger partial charge on any atom is -0.395 e. The summed E-state index contributed by atoms with van der Waals surface area (Å²) in [6.07, 6.45) is 0. The van der Waals surface area contributed by atoms with Gasteiger partial charge in [-0.2, -0.15) is 0 Å². The second-order valence-electron chi connectivity index (χ2n) is 4.74. The third kappa shape index (κ3) is 3.92. The van der Waals surface area contributed by atoms with E-state index >= 15 is 0 Å². The van der Waals surface area contributed by atoms with Gasteiger partial charge < -0.3 is 14.6 Å². The number of hydrogen-bond donors (Lipinski definition) is 1. The van der Waals surface area contributed by atoms with Crippen LogP contribution < -0.4 is 5.73 Å².